The second kappa shape index (κ2) is 8.99. The van der Waals surface area contributed by atoms with Gasteiger partial charge in [-0.05, 0) is 73.9 Å². The quantitative estimate of drug-likeness (QED) is 0.329. The van der Waals surface area contributed by atoms with Crippen LogP contribution in [0.4, 0.5) is 11.4 Å². The van der Waals surface area contributed by atoms with Gasteiger partial charge in [0.2, 0.25) is 0 Å². The summed E-state index contributed by atoms with van der Waals surface area (Å²) in [4.78, 5) is 16.6. The normalized spacial score (nSPS) is 14.2. The molecule has 4 aromatic rings. The van der Waals surface area contributed by atoms with Crippen molar-refractivity contribution < 1.29 is 0 Å². The molecule has 0 bridgehead atoms. The molecule has 1 aliphatic rings. The van der Waals surface area contributed by atoms with Crippen LogP contribution in [0.1, 0.15) is 43.5 Å². The smallest absolute Gasteiger partial charge is 0.114 e. The molecule has 5 rings (SSSR count). The highest BCUT2D eigenvalue weighted by Crippen LogP contribution is 2.41. The second-order valence-corrected chi connectivity index (χ2v) is 8.44. The number of fused-ring (bicyclic) bond motifs is 3. The molecule has 1 aliphatic heterocycles. The van der Waals surface area contributed by atoms with Crippen molar-refractivity contribution in [2.45, 2.75) is 40.0 Å². The summed E-state index contributed by atoms with van der Waals surface area (Å²) in [6, 6.07) is 17.0. The fourth-order valence-corrected chi connectivity index (χ4v) is 4.37. The van der Waals surface area contributed by atoms with Crippen molar-refractivity contribution >= 4 is 28.5 Å². The van der Waals surface area contributed by atoms with Gasteiger partial charge in [-0.3, -0.25) is 9.97 Å². The number of aromatic nitrogens is 3. The van der Waals surface area contributed by atoms with Crippen LogP contribution < -0.4 is 4.90 Å². The maximum absolute atomic E-state index is 5.11. The Morgan fingerprint density at radius 1 is 0.939 bits per heavy atom. The van der Waals surface area contributed by atoms with Crippen molar-refractivity contribution in [3.05, 3.63) is 95.6 Å². The van der Waals surface area contributed by atoms with Crippen molar-refractivity contribution in [1.82, 2.24) is 15.0 Å². The molecule has 164 valence electrons. The summed E-state index contributed by atoms with van der Waals surface area (Å²) < 4.78 is 0. The predicted octanol–water partition coefficient (Wildman–Crippen LogP) is 7.41. The van der Waals surface area contributed by atoms with Gasteiger partial charge in [-0.15, -0.1) is 0 Å². The Kier molecular flexibility index (Phi) is 5.74. The van der Waals surface area contributed by atoms with Crippen LogP contribution in [0.15, 0.2) is 78.8 Å². The van der Waals surface area contributed by atoms with E-state index >= 15 is 0 Å². The average Bonchev–Trinajstić information content (AvgIpc) is 2.84. The molecule has 3 aromatic heterocycles. The van der Waals surface area contributed by atoms with E-state index in [0.717, 1.165) is 69.9 Å². The van der Waals surface area contributed by atoms with E-state index in [1.807, 2.05) is 31.5 Å². The van der Waals surface area contributed by atoms with Crippen LogP contribution in [-0.2, 0) is 6.42 Å². The molecule has 0 atom stereocenters. The van der Waals surface area contributed by atoms with Crippen LogP contribution in [0.5, 0.6) is 0 Å². The molecule has 0 N–H and O–H groups in total. The highest BCUT2D eigenvalue weighted by Gasteiger charge is 2.24. The van der Waals surface area contributed by atoms with Gasteiger partial charge < -0.3 is 4.90 Å². The van der Waals surface area contributed by atoms with E-state index in [4.69, 9.17) is 9.97 Å². The van der Waals surface area contributed by atoms with Crippen molar-refractivity contribution in [1.29, 1.82) is 0 Å². The van der Waals surface area contributed by atoms with Crippen molar-refractivity contribution in [3.8, 4) is 11.3 Å². The van der Waals surface area contributed by atoms with Crippen molar-refractivity contribution in [3.63, 3.8) is 0 Å². The standard InChI is InChI=1S/C29H28N4/c1-4-7-21-9-6-10-25(17-21)33-24(8-5-2)14-13-23-19-31-27-16-15-26(32-28(27)29(23)33)22-12-11-20(3)30-18-22/h6,8-19H,4-5,7H2,1-3H3/b24-8-. The van der Waals surface area contributed by atoms with Crippen molar-refractivity contribution in [2.24, 2.45) is 0 Å². The van der Waals surface area contributed by atoms with E-state index < -0.39 is 0 Å². The summed E-state index contributed by atoms with van der Waals surface area (Å²) in [5, 5.41) is 0. The number of allylic oxidation sites excluding steroid dienone is 2. The van der Waals surface area contributed by atoms with Crippen LogP contribution in [0.25, 0.3) is 28.4 Å². The number of hydrogen-bond donors (Lipinski definition) is 0. The minimum Gasteiger partial charge on any atom is -0.308 e. The van der Waals surface area contributed by atoms with Gasteiger partial charge in [0.05, 0.1) is 16.9 Å². The van der Waals surface area contributed by atoms with E-state index in [2.05, 4.69) is 78.4 Å². The Bertz CT molecular complexity index is 1370. The highest BCUT2D eigenvalue weighted by atomic mass is 15.2. The van der Waals surface area contributed by atoms with Gasteiger partial charge in [-0.1, -0.05) is 38.5 Å². The number of hydrogen-bond acceptors (Lipinski definition) is 4. The summed E-state index contributed by atoms with van der Waals surface area (Å²) in [6.45, 7) is 6.39. The third kappa shape index (κ3) is 4.05. The fraction of sp³-hybridized carbons (Fsp3) is 0.207. The molecule has 0 fully saturated rings. The molecule has 0 aliphatic carbocycles. The van der Waals surface area contributed by atoms with Crippen molar-refractivity contribution in [2.75, 3.05) is 4.90 Å². The first-order chi connectivity index (χ1) is 16.2. The number of anilines is 2. The van der Waals surface area contributed by atoms with E-state index in [-0.39, 0.29) is 0 Å². The van der Waals surface area contributed by atoms with Gasteiger partial charge in [0.1, 0.15) is 5.52 Å². The van der Waals surface area contributed by atoms with E-state index in [1.165, 1.54) is 5.56 Å². The Labute approximate surface area is 195 Å². The van der Waals surface area contributed by atoms with Crippen LogP contribution in [0, 0.1) is 6.92 Å². The zero-order chi connectivity index (χ0) is 22.8. The van der Waals surface area contributed by atoms with Gasteiger partial charge in [-0.2, -0.15) is 0 Å². The topological polar surface area (TPSA) is 41.9 Å². The third-order valence-electron chi connectivity index (χ3n) is 5.96. The molecule has 4 nitrogen and oxygen atoms in total. The average molecular weight is 433 g/mol. The maximum Gasteiger partial charge on any atom is 0.114 e. The number of benzene rings is 1. The third-order valence-corrected chi connectivity index (χ3v) is 5.96. The van der Waals surface area contributed by atoms with E-state index in [1.54, 1.807) is 0 Å². The Balaban J connectivity index is 1.74. The summed E-state index contributed by atoms with van der Waals surface area (Å²) in [5.41, 5.74) is 10.5. The molecule has 33 heavy (non-hydrogen) atoms. The Morgan fingerprint density at radius 2 is 1.85 bits per heavy atom. The Hall–Kier alpha value is -3.79. The van der Waals surface area contributed by atoms with Gasteiger partial charge in [0.15, 0.2) is 0 Å². The number of rotatable bonds is 5. The zero-order valence-electron chi connectivity index (χ0n) is 19.4. The largest absolute Gasteiger partial charge is 0.308 e. The molecule has 4 heterocycles. The molecule has 1 aromatic carbocycles. The summed E-state index contributed by atoms with van der Waals surface area (Å²) in [7, 11) is 0. The zero-order valence-corrected chi connectivity index (χ0v) is 19.4. The molecule has 0 saturated carbocycles. The van der Waals surface area contributed by atoms with Crippen LogP contribution in [0.2, 0.25) is 0 Å². The predicted molar refractivity (Wildman–Crippen MR) is 137 cm³/mol. The Morgan fingerprint density at radius 3 is 2.64 bits per heavy atom. The molecule has 0 spiro atoms. The lowest BCUT2D eigenvalue weighted by molar-refractivity contribution is 0.921. The summed E-state index contributed by atoms with van der Waals surface area (Å²) in [5.74, 6) is 0. The van der Waals surface area contributed by atoms with Crippen LogP contribution in [-0.4, -0.2) is 15.0 Å². The monoisotopic (exact) mass is 432 g/mol. The minimum atomic E-state index is 0.887. The first-order valence-corrected chi connectivity index (χ1v) is 11.7. The SMILES string of the molecule is CC/C=C1/C=Cc2cnc3ccc(-c4ccc(C)nc4)nc3c2N1c1cccc(CCC)c1. The van der Waals surface area contributed by atoms with Gasteiger partial charge >= 0.3 is 0 Å². The molecular formula is C29H28N4. The lowest BCUT2D eigenvalue weighted by atomic mass is 10.0. The van der Waals surface area contributed by atoms with E-state index in [9.17, 15) is 0 Å². The summed E-state index contributed by atoms with van der Waals surface area (Å²) >= 11 is 0. The van der Waals surface area contributed by atoms with Gasteiger partial charge in [0, 0.05) is 40.6 Å². The van der Waals surface area contributed by atoms with Crippen LogP contribution >= 0.6 is 0 Å². The first-order valence-electron chi connectivity index (χ1n) is 11.7. The van der Waals surface area contributed by atoms with Gasteiger partial charge in [0.25, 0.3) is 0 Å². The molecule has 0 saturated heterocycles. The minimum absolute atomic E-state index is 0.887. The number of aryl methyl sites for hydroxylation is 2. The molecular weight excluding hydrogens is 404 g/mol. The molecule has 0 radical (unpaired) electrons. The lowest BCUT2D eigenvalue weighted by Crippen LogP contribution is -2.20. The summed E-state index contributed by atoms with van der Waals surface area (Å²) in [6.07, 6.45) is 13.6. The van der Waals surface area contributed by atoms with E-state index in [0.29, 0.717) is 0 Å². The number of nitrogens with zero attached hydrogens (tertiary/aromatic N) is 4. The van der Waals surface area contributed by atoms with Crippen LogP contribution in [0.3, 0.4) is 0 Å². The first kappa shape index (κ1) is 21.1. The lowest BCUT2D eigenvalue weighted by Gasteiger charge is -2.31. The molecule has 0 amide bonds. The second-order valence-electron chi connectivity index (χ2n) is 8.44. The maximum atomic E-state index is 5.11. The highest BCUT2D eigenvalue weighted by molar-refractivity contribution is 5.99. The molecule has 0 unspecified atom stereocenters. The number of pyridine rings is 3. The van der Waals surface area contributed by atoms with Gasteiger partial charge in [-0.25, -0.2) is 4.98 Å². The fourth-order valence-electron chi connectivity index (χ4n) is 4.37. The molecule has 4 heteroatoms.